The third-order valence-corrected chi connectivity index (χ3v) is 11.9. The number of hydrogen-bond acceptors (Lipinski definition) is 2. The van der Waals surface area contributed by atoms with Crippen molar-refractivity contribution in [3.63, 3.8) is 0 Å². The van der Waals surface area contributed by atoms with Gasteiger partial charge in [-0.05, 0) is 87.2 Å². The summed E-state index contributed by atoms with van der Waals surface area (Å²) in [4.78, 5) is 0. The molecule has 0 fully saturated rings. The van der Waals surface area contributed by atoms with Crippen molar-refractivity contribution in [3.8, 4) is 44.9 Å². The first-order valence-electron chi connectivity index (χ1n) is 19.3. The number of methoxy groups -OCH3 is 2. The van der Waals surface area contributed by atoms with Crippen molar-refractivity contribution >= 4 is 10.8 Å². The van der Waals surface area contributed by atoms with Gasteiger partial charge >= 0.3 is 0 Å². The Morgan fingerprint density at radius 1 is 0.576 bits per heavy atom. The molecule has 7 rings (SSSR count). The Labute approximate surface area is 353 Å². The maximum Gasteiger partial charge on any atom is 0.194 e. The zero-order valence-electron chi connectivity index (χ0n) is 34.9. The molecule has 310 valence electrons. The number of nitrogens with zero attached hydrogens (tertiary/aromatic N) is 1. The maximum atomic E-state index is 15.3. The lowest BCUT2D eigenvalue weighted by Gasteiger charge is -2.41. The standard InChI is InChI=1S/C49H48F6NO2.BrH/c1-26(30-17-13-15-27-14-11-12-16-31(27)30)56(8)24-34-32(22-36(48(2,3)4)46(57-9)42(34)28-18-38(50)44(54)39(51)19-28)33-23-37(49(5,6)7)47(58-10)43(35(33)25-56)29-20-40(52)45(55)41(53)21-29;/h11-23,26H,24-25H2,1-10H3;1H/q+1;/p-1/t26-;/m1./s1. The first-order chi connectivity index (χ1) is 27.2. The van der Waals surface area contributed by atoms with E-state index in [9.17, 15) is 8.78 Å². The third kappa shape index (κ3) is 7.52. The number of quaternary nitrogens is 1. The molecule has 1 atom stereocenters. The minimum Gasteiger partial charge on any atom is -1.00 e. The van der Waals surface area contributed by atoms with Gasteiger partial charge in [0.1, 0.15) is 30.6 Å². The van der Waals surface area contributed by atoms with Crippen LogP contribution in [0.3, 0.4) is 0 Å². The topological polar surface area (TPSA) is 18.5 Å². The number of hydrogen-bond donors (Lipinski definition) is 0. The summed E-state index contributed by atoms with van der Waals surface area (Å²) >= 11 is 0. The Kier molecular flexibility index (Phi) is 11.6. The lowest BCUT2D eigenvalue weighted by Crippen LogP contribution is -3.00. The molecule has 0 amide bonds. The van der Waals surface area contributed by atoms with Gasteiger partial charge in [-0.15, -0.1) is 0 Å². The first-order valence-corrected chi connectivity index (χ1v) is 19.3. The van der Waals surface area contributed by atoms with Crippen LogP contribution in [0.4, 0.5) is 26.3 Å². The molecule has 6 aromatic carbocycles. The highest BCUT2D eigenvalue weighted by molar-refractivity contribution is 5.91. The molecular weight excluding hydrogens is 828 g/mol. The van der Waals surface area contributed by atoms with Gasteiger partial charge in [0.15, 0.2) is 34.9 Å². The molecule has 0 N–H and O–H groups in total. The number of fused-ring (bicyclic) bond motifs is 4. The van der Waals surface area contributed by atoms with E-state index in [4.69, 9.17) is 9.47 Å². The average Bonchev–Trinajstić information content (AvgIpc) is 3.29. The van der Waals surface area contributed by atoms with Crippen molar-refractivity contribution in [1.82, 2.24) is 0 Å². The quantitative estimate of drug-likeness (QED) is 0.0943. The number of halogens is 7. The highest BCUT2D eigenvalue weighted by Crippen LogP contribution is 2.55. The average molecular weight is 877 g/mol. The van der Waals surface area contributed by atoms with Crippen LogP contribution in [0, 0.1) is 34.9 Å². The highest BCUT2D eigenvalue weighted by atomic mass is 79.9. The lowest BCUT2D eigenvalue weighted by atomic mass is 9.76. The molecule has 1 aliphatic heterocycles. The molecule has 1 heterocycles. The molecule has 6 aromatic rings. The second-order valence-electron chi connectivity index (χ2n) is 17.8. The molecular formula is C49H48BrF6NO2. The summed E-state index contributed by atoms with van der Waals surface area (Å²) in [6, 6.07) is 22.0. The Bertz CT molecular complexity index is 2440. The van der Waals surface area contributed by atoms with Crippen LogP contribution in [0.2, 0.25) is 0 Å². The van der Waals surface area contributed by atoms with Crippen LogP contribution in [0.1, 0.15) is 82.3 Å². The molecule has 0 saturated carbocycles. The van der Waals surface area contributed by atoms with E-state index in [2.05, 4.69) is 26.1 Å². The molecule has 3 nitrogen and oxygen atoms in total. The number of ether oxygens (including phenoxy) is 2. The normalized spacial score (nSPS) is 14.2. The molecule has 0 saturated heterocycles. The van der Waals surface area contributed by atoms with Gasteiger partial charge < -0.3 is 30.9 Å². The Balaban J connectivity index is 0.00000585. The van der Waals surface area contributed by atoms with E-state index in [1.54, 1.807) is 0 Å². The predicted octanol–water partition coefficient (Wildman–Crippen LogP) is 10.5. The molecule has 59 heavy (non-hydrogen) atoms. The van der Waals surface area contributed by atoms with Crippen LogP contribution in [0.25, 0.3) is 44.2 Å². The Morgan fingerprint density at radius 2 is 0.966 bits per heavy atom. The molecule has 0 aromatic heterocycles. The van der Waals surface area contributed by atoms with Gasteiger partial charge in [0.05, 0.1) is 21.3 Å². The van der Waals surface area contributed by atoms with Gasteiger partial charge in [0, 0.05) is 38.9 Å². The third-order valence-electron chi connectivity index (χ3n) is 11.9. The largest absolute Gasteiger partial charge is 1.00 e. The summed E-state index contributed by atoms with van der Waals surface area (Å²) in [7, 11) is 5.09. The second-order valence-corrected chi connectivity index (χ2v) is 17.8. The number of benzene rings is 6. The van der Waals surface area contributed by atoms with Crippen molar-refractivity contribution in [2.24, 2.45) is 0 Å². The molecule has 0 aliphatic carbocycles. The van der Waals surface area contributed by atoms with E-state index in [1.807, 2.05) is 84.0 Å². The van der Waals surface area contributed by atoms with Gasteiger partial charge in [-0.25, -0.2) is 26.3 Å². The van der Waals surface area contributed by atoms with Crippen molar-refractivity contribution in [3.05, 3.63) is 142 Å². The van der Waals surface area contributed by atoms with Crippen LogP contribution < -0.4 is 26.5 Å². The van der Waals surface area contributed by atoms with Gasteiger partial charge in [-0.1, -0.05) is 84.0 Å². The van der Waals surface area contributed by atoms with Gasteiger partial charge in [0.25, 0.3) is 0 Å². The Morgan fingerprint density at radius 3 is 1.36 bits per heavy atom. The van der Waals surface area contributed by atoms with Gasteiger partial charge in [0.2, 0.25) is 0 Å². The van der Waals surface area contributed by atoms with Crippen molar-refractivity contribution in [2.75, 3.05) is 21.3 Å². The van der Waals surface area contributed by atoms with E-state index in [0.29, 0.717) is 56.0 Å². The van der Waals surface area contributed by atoms with Crippen LogP contribution in [0.15, 0.2) is 78.9 Å². The zero-order valence-corrected chi connectivity index (χ0v) is 36.5. The molecule has 0 bridgehead atoms. The van der Waals surface area contributed by atoms with E-state index < -0.39 is 45.7 Å². The van der Waals surface area contributed by atoms with Crippen molar-refractivity contribution in [1.29, 1.82) is 0 Å². The van der Waals surface area contributed by atoms with Gasteiger partial charge in [-0.2, -0.15) is 0 Å². The fraction of sp³-hybridized carbons (Fsp3) is 0.306. The monoisotopic (exact) mass is 875 g/mol. The van der Waals surface area contributed by atoms with Crippen LogP contribution >= 0.6 is 0 Å². The smallest absolute Gasteiger partial charge is 0.194 e. The maximum absolute atomic E-state index is 15.3. The molecule has 1 aliphatic rings. The highest BCUT2D eigenvalue weighted by Gasteiger charge is 2.42. The fourth-order valence-electron chi connectivity index (χ4n) is 8.77. The van der Waals surface area contributed by atoms with E-state index in [1.165, 1.54) is 14.2 Å². The predicted molar refractivity (Wildman–Crippen MR) is 219 cm³/mol. The summed E-state index contributed by atoms with van der Waals surface area (Å²) < 4.78 is 103. The van der Waals surface area contributed by atoms with Crippen LogP contribution in [-0.4, -0.2) is 25.8 Å². The Hall–Kier alpha value is -4.80. The second kappa shape index (κ2) is 15.7. The summed E-state index contributed by atoms with van der Waals surface area (Å²) in [5.41, 5.74) is 5.03. The minimum atomic E-state index is -1.58. The van der Waals surface area contributed by atoms with E-state index >= 15 is 17.6 Å². The minimum absolute atomic E-state index is 0. The molecule has 0 unspecified atom stereocenters. The molecule has 10 heteroatoms. The number of rotatable bonds is 6. The lowest BCUT2D eigenvalue weighted by molar-refractivity contribution is -0.962. The van der Waals surface area contributed by atoms with Gasteiger partial charge in [-0.3, -0.25) is 0 Å². The fourth-order valence-corrected chi connectivity index (χ4v) is 8.77. The molecule has 0 radical (unpaired) electrons. The summed E-state index contributed by atoms with van der Waals surface area (Å²) in [6.07, 6.45) is 0. The SMILES string of the molecule is COc1c(C(C)(C)C)cc2c(c1-c1cc(F)c(F)c(F)c1)C[N+](C)([C@H](C)c1cccc3ccccc13)Cc1c-2cc(C(C)(C)C)c(OC)c1-c1cc(F)c(F)c(F)c1.[Br-]. The zero-order chi connectivity index (χ0) is 42.2. The van der Waals surface area contributed by atoms with E-state index in [-0.39, 0.29) is 51.7 Å². The summed E-state index contributed by atoms with van der Waals surface area (Å²) in [6.45, 7) is 14.6. The van der Waals surface area contributed by atoms with Crippen molar-refractivity contribution < 1.29 is 57.3 Å². The van der Waals surface area contributed by atoms with Crippen LogP contribution in [-0.2, 0) is 23.9 Å². The van der Waals surface area contributed by atoms with Crippen LogP contribution in [0.5, 0.6) is 11.5 Å². The summed E-state index contributed by atoms with van der Waals surface area (Å²) in [5, 5.41) is 2.08. The first kappa shape index (κ1) is 43.8. The van der Waals surface area contributed by atoms with Crippen molar-refractivity contribution in [2.45, 2.75) is 78.4 Å². The summed E-state index contributed by atoms with van der Waals surface area (Å²) in [5.74, 6) is -7.76. The van der Waals surface area contributed by atoms with E-state index in [0.717, 1.165) is 40.6 Å². The molecule has 0 spiro atoms.